The highest BCUT2D eigenvalue weighted by Gasteiger charge is 2.44. The van der Waals surface area contributed by atoms with Gasteiger partial charge in [0.05, 0.1) is 17.8 Å². The molecule has 0 spiro atoms. The molecule has 4 nitrogen and oxygen atoms in total. The molecule has 0 saturated carbocycles. The molecule has 2 fully saturated rings. The van der Waals surface area contributed by atoms with Crippen molar-refractivity contribution in [3.05, 3.63) is 0 Å². The third-order valence-electron chi connectivity index (χ3n) is 4.32. The summed E-state index contributed by atoms with van der Waals surface area (Å²) in [5.74, 6) is 0.163. The number of hydrogen-bond donors (Lipinski definition) is 2. The van der Waals surface area contributed by atoms with Crippen molar-refractivity contribution in [3.63, 3.8) is 0 Å². The second kappa shape index (κ2) is 5.08. The van der Waals surface area contributed by atoms with Crippen LogP contribution in [0.5, 0.6) is 0 Å². The summed E-state index contributed by atoms with van der Waals surface area (Å²) in [6.07, 6.45) is 2.96. The molecule has 0 aromatic rings. The van der Waals surface area contributed by atoms with E-state index in [0.29, 0.717) is 32.2 Å². The smallest absolute Gasteiger partial charge is 0.0718 e. The summed E-state index contributed by atoms with van der Waals surface area (Å²) in [5.41, 5.74) is -1.31. The van der Waals surface area contributed by atoms with Gasteiger partial charge in [-0.25, -0.2) is 0 Å². The fraction of sp³-hybridized carbons (Fsp3) is 1.00. The van der Waals surface area contributed by atoms with E-state index >= 15 is 0 Å². The molecule has 2 rings (SSSR count). The van der Waals surface area contributed by atoms with Crippen LogP contribution in [0.25, 0.3) is 0 Å². The molecular weight excluding hydrogens is 230 g/mol. The minimum atomic E-state index is -0.677. The van der Waals surface area contributed by atoms with Crippen LogP contribution in [-0.2, 0) is 4.74 Å². The predicted molar refractivity (Wildman–Crippen MR) is 70.4 cm³/mol. The van der Waals surface area contributed by atoms with E-state index in [1.807, 2.05) is 20.8 Å². The Morgan fingerprint density at radius 2 is 2.17 bits per heavy atom. The Labute approximate surface area is 110 Å². The van der Waals surface area contributed by atoms with E-state index in [9.17, 15) is 10.2 Å². The Morgan fingerprint density at radius 3 is 2.78 bits per heavy atom. The summed E-state index contributed by atoms with van der Waals surface area (Å²) < 4.78 is 5.56. The van der Waals surface area contributed by atoms with E-state index in [-0.39, 0.29) is 5.92 Å². The van der Waals surface area contributed by atoms with Gasteiger partial charge in [-0.05, 0) is 46.6 Å². The zero-order valence-corrected chi connectivity index (χ0v) is 11.9. The molecule has 0 amide bonds. The van der Waals surface area contributed by atoms with Gasteiger partial charge in [0, 0.05) is 25.1 Å². The van der Waals surface area contributed by atoms with Gasteiger partial charge in [0.2, 0.25) is 0 Å². The highest BCUT2D eigenvalue weighted by atomic mass is 16.5. The lowest BCUT2D eigenvalue weighted by atomic mass is 9.79. The van der Waals surface area contributed by atoms with E-state index in [2.05, 4.69) is 4.90 Å². The van der Waals surface area contributed by atoms with E-state index in [4.69, 9.17) is 4.74 Å². The first kappa shape index (κ1) is 14.3. The van der Waals surface area contributed by atoms with Crippen molar-refractivity contribution in [2.24, 2.45) is 5.92 Å². The van der Waals surface area contributed by atoms with Crippen LogP contribution in [0.2, 0.25) is 0 Å². The quantitative estimate of drug-likeness (QED) is 0.792. The molecule has 2 aliphatic rings. The Bertz CT molecular complexity index is 285. The van der Waals surface area contributed by atoms with Crippen LogP contribution in [0.3, 0.4) is 0 Å². The zero-order chi connectivity index (χ0) is 13.4. The van der Waals surface area contributed by atoms with Crippen LogP contribution in [0.4, 0.5) is 0 Å². The molecule has 2 N–H and O–H groups in total. The van der Waals surface area contributed by atoms with Crippen molar-refractivity contribution in [2.75, 3.05) is 26.3 Å². The summed E-state index contributed by atoms with van der Waals surface area (Å²) in [5, 5.41) is 20.5. The normalized spacial score (nSPS) is 39.2. The van der Waals surface area contributed by atoms with Crippen LogP contribution >= 0.6 is 0 Å². The average molecular weight is 257 g/mol. The third-order valence-corrected chi connectivity index (χ3v) is 4.32. The maximum absolute atomic E-state index is 10.5. The number of ether oxygens (including phenoxy) is 1. The molecule has 3 atom stereocenters. The van der Waals surface area contributed by atoms with Crippen molar-refractivity contribution < 1.29 is 14.9 Å². The second-order valence-electron chi connectivity index (χ2n) is 6.78. The lowest BCUT2D eigenvalue weighted by Gasteiger charge is -2.44. The van der Waals surface area contributed by atoms with E-state index in [1.165, 1.54) is 0 Å². The average Bonchev–Trinajstić information content (AvgIpc) is 2.62. The molecule has 0 radical (unpaired) electrons. The Morgan fingerprint density at radius 1 is 1.44 bits per heavy atom. The molecule has 0 aromatic carbocycles. The van der Waals surface area contributed by atoms with Crippen molar-refractivity contribution in [3.8, 4) is 0 Å². The number of β-amino-alcohol motifs (C(OH)–C–C–N with tert-alkyl or cyclic N) is 1. The highest BCUT2D eigenvalue weighted by molar-refractivity contribution is 4.97. The number of likely N-dealkylation sites (tertiary alicyclic amines) is 1. The van der Waals surface area contributed by atoms with Gasteiger partial charge < -0.3 is 14.9 Å². The van der Waals surface area contributed by atoms with Gasteiger partial charge in [0.1, 0.15) is 0 Å². The minimum Gasteiger partial charge on any atom is -0.390 e. The third kappa shape index (κ3) is 3.23. The summed E-state index contributed by atoms with van der Waals surface area (Å²) in [6.45, 7) is 8.60. The monoisotopic (exact) mass is 257 g/mol. The predicted octanol–water partition coefficient (Wildman–Crippen LogP) is 1.01. The van der Waals surface area contributed by atoms with Crippen LogP contribution in [0.15, 0.2) is 0 Å². The van der Waals surface area contributed by atoms with Gasteiger partial charge >= 0.3 is 0 Å². The van der Waals surface area contributed by atoms with Gasteiger partial charge in [0.15, 0.2) is 0 Å². The number of hydrogen-bond acceptors (Lipinski definition) is 4. The van der Waals surface area contributed by atoms with Gasteiger partial charge in [-0.1, -0.05) is 0 Å². The van der Waals surface area contributed by atoms with Crippen molar-refractivity contribution >= 4 is 0 Å². The van der Waals surface area contributed by atoms with Crippen molar-refractivity contribution in [1.29, 1.82) is 0 Å². The summed E-state index contributed by atoms with van der Waals surface area (Å²) in [6, 6.07) is 0.340. The van der Waals surface area contributed by atoms with Crippen LogP contribution < -0.4 is 0 Å². The largest absolute Gasteiger partial charge is 0.390 e. The standard InChI is InChI=1S/C14H27NO3/c1-13(2,16)10-15-7-4-5-12(15)11-9-18-8-6-14(11,3)17/h11-12,16-17H,4-10H2,1-3H3/t11-,12+,14-/m0/s1. The van der Waals surface area contributed by atoms with Crippen molar-refractivity contribution in [2.45, 2.75) is 57.3 Å². The summed E-state index contributed by atoms with van der Waals surface area (Å²) >= 11 is 0. The zero-order valence-electron chi connectivity index (χ0n) is 11.9. The van der Waals surface area contributed by atoms with Crippen LogP contribution in [0, 0.1) is 5.92 Å². The van der Waals surface area contributed by atoms with Crippen LogP contribution in [-0.4, -0.2) is 58.7 Å². The first-order chi connectivity index (χ1) is 8.30. The molecule has 106 valence electrons. The van der Waals surface area contributed by atoms with E-state index in [1.54, 1.807) is 0 Å². The molecule has 0 bridgehead atoms. The Hall–Kier alpha value is -0.160. The first-order valence-electron chi connectivity index (χ1n) is 7.06. The Balaban J connectivity index is 2.06. The van der Waals surface area contributed by atoms with E-state index in [0.717, 1.165) is 19.4 Å². The lowest BCUT2D eigenvalue weighted by molar-refractivity contribution is -0.127. The second-order valence-corrected chi connectivity index (χ2v) is 6.78. The molecule has 2 aliphatic heterocycles. The number of nitrogens with zero attached hydrogens (tertiary/aromatic N) is 1. The summed E-state index contributed by atoms with van der Waals surface area (Å²) in [4.78, 5) is 2.33. The maximum atomic E-state index is 10.5. The number of rotatable bonds is 3. The SMILES string of the molecule is CC(C)(O)CN1CCC[C@@H]1[C@@H]1COCC[C@]1(C)O. The molecular formula is C14H27NO3. The highest BCUT2D eigenvalue weighted by Crippen LogP contribution is 2.36. The lowest BCUT2D eigenvalue weighted by Crippen LogP contribution is -2.54. The van der Waals surface area contributed by atoms with Gasteiger partial charge in [0.25, 0.3) is 0 Å². The van der Waals surface area contributed by atoms with Crippen LogP contribution in [0.1, 0.15) is 40.0 Å². The topological polar surface area (TPSA) is 52.9 Å². The fourth-order valence-corrected chi connectivity index (χ4v) is 3.38. The molecule has 0 aliphatic carbocycles. The maximum Gasteiger partial charge on any atom is 0.0718 e. The molecule has 0 unspecified atom stereocenters. The molecule has 2 heterocycles. The van der Waals surface area contributed by atoms with Gasteiger partial charge in [-0.15, -0.1) is 0 Å². The Kier molecular flexibility index (Phi) is 4.02. The molecule has 18 heavy (non-hydrogen) atoms. The minimum absolute atomic E-state index is 0.163. The van der Waals surface area contributed by atoms with Gasteiger partial charge in [-0.3, -0.25) is 4.90 Å². The fourth-order valence-electron chi connectivity index (χ4n) is 3.38. The van der Waals surface area contributed by atoms with Gasteiger partial charge in [-0.2, -0.15) is 0 Å². The van der Waals surface area contributed by atoms with E-state index < -0.39 is 11.2 Å². The molecule has 4 heteroatoms. The molecule has 2 saturated heterocycles. The number of aliphatic hydroxyl groups is 2. The van der Waals surface area contributed by atoms with Crippen molar-refractivity contribution in [1.82, 2.24) is 4.90 Å². The molecule has 0 aromatic heterocycles. The first-order valence-corrected chi connectivity index (χ1v) is 7.06. The summed E-state index contributed by atoms with van der Waals surface area (Å²) in [7, 11) is 0.